The molecule has 0 aliphatic carbocycles. The topological polar surface area (TPSA) is 113 Å². The zero-order valence-corrected chi connectivity index (χ0v) is 20.6. The summed E-state index contributed by atoms with van der Waals surface area (Å²) in [7, 11) is 0. The Morgan fingerprint density at radius 3 is 1.73 bits per heavy atom. The highest BCUT2D eigenvalue weighted by atomic mass is 35.5. The van der Waals surface area contributed by atoms with Crippen molar-refractivity contribution in [2.75, 3.05) is 5.01 Å². The van der Waals surface area contributed by atoms with Crippen molar-refractivity contribution < 1.29 is 19.6 Å². The van der Waals surface area contributed by atoms with E-state index < -0.39 is 22.3 Å². The first kappa shape index (κ1) is 25.8. The van der Waals surface area contributed by atoms with Crippen LogP contribution in [0.5, 0.6) is 0 Å². The first-order chi connectivity index (χ1) is 17.7. The van der Waals surface area contributed by atoms with Crippen molar-refractivity contribution >= 4 is 46.4 Å². The molecule has 0 aliphatic rings. The van der Waals surface area contributed by atoms with Gasteiger partial charge in [-0.2, -0.15) is 0 Å². The Bertz CT molecular complexity index is 1380. The Kier molecular flexibility index (Phi) is 7.54. The van der Waals surface area contributed by atoms with Crippen LogP contribution >= 0.6 is 23.2 Å². The minimum atomic E-state index is -2.24. The predicted molar refractivity (Wildman–Crippen MR) is 140 cm³/mol. The third-order valence-corrected chi connectivity index (χ3v) is 6.11. The number of anilines is 1. The molecule has 0 bridgehead atoms. The molecule has 0 fully saturated rings. The number of hydrogen-bond donors (Lipinski definition) is 2. The maximum Gasteiger partial charge on any atom is 0.280 e. The number of para-hydroxylation sites is 1. The summed E-state index contributed by atoms with van der Waals surface area (Å²) in [6.07, 6.45) is 0. The van der Waals surface area contributed by atoms with Gasteiger partial charge in [-0.3, -0.25) is 25.1 Å². The van der Waals surface area contributed by atoms with Crippen LogP contribution in [-0.2, 0) is 10.4 Å². The average Bonchev–Trinajstić information content (AvgIpc) is 2.92. The molecule has 0 spiro atoms. The van der Waals surface area contributed by atoms with Crippen LogP contribution in [0.15, 0.2) is 103 Å². The van der Waals surface area contributed by atoms with Crippen molar-refractivity contribution in [1.82, 2.24) is 5.43 Å². The van der Waals surface area contributed by atoms with E-state index in [1.165, 1.54) is 72.8 Å². The number of nitro benzene ring substituents is 1. The maximum absolute atomic E-state index is 13.8. The van der Waals surface area contributed by atoms with E-state index in [1.807, 2.05) is 0 Å². The van der Waals surface area contributed by atoms with E-state index in [2.05, 4.69) is 5.43 Å². The first-order valence-electron chi connectivity index (χ1n) is 10.9. The zero-order valence-electron chi connectivity index (χ0n) is 19.0. The molecule has 0 atom stereocenters. The van der Waals surface area contributed by atoms with E-state index in [9.17, 15) is 24.8 Å². The molecule has 2 amide bonds. The molecule has 0 radical (unpaired) electrons. The molecular weight excluding hydrogens is 517 g/mol. The zero-order chi connectivity index (χ0) is 26.6. The molecule has 0 unspecified atom stereocenters. The van der Waals surface area contributed by atoms with Gasteiger partial charge in [0.1, 0.15) is 0 Å². The molecule has 0 heterocycles. The number of non-ortho nitro benzene ring substituents is 1. The van der Waals surface area contributed by atoms with Crippen molar-refractivity contribution in [3.8, 4) is 0 Å². The largest absolute Gasteiger partial charge is 0.372 e. The van der Waals surface area contributed by atoms with E-state index in [0.717, 1.165) is 5.01 Å². The molecule has 4 aromatic rings. The summed E-state index contributed by atoms with van der Waals surface area (Å²) >= 11 is 12.0. The molecular formula is C27H19Cl2N3O5. The smallest absolute Gasteiger partial charge is 0.280 e. The van der Waals surface area contributed by atoms with E-state index in [1.54, 1.807) is 30.3 Å². The monoisotopic (exact) mass is 535 g/mol. The van der Waals surface area contributed by atoms with Crippen LogP contribution in [0, 0.1) is 10.1 Å². The molecule has 0 aromatic heterocycles. The van der Waals surface area contributed by atoms with Gasteiger partial charge in [0.2, 0.25) is 0 Å². The molecule has 0 aliphatic heterocycles. The van der Waals surface area contributed by atoms with Crippen LogP contribution in [-0.4, -0.2) is 21.8 Å². The van der Waals surface area contributed by atoms with Gasteiger partial charge in [0.15, 0.2) is 5.60 Å². The van der Waals surface area contributed by atoms with Gasteiger partial charge in [-0.05, 0) is 59.7 Å². The van der Waals surface area contributed by atoms with E-state index >= 15 is 0 Å². The lowest BCUT2D eigenvalue weighted by Gasteiger charge is -2.32. The highest BCUT2D eigenvalue weighted by Crippen LogP contribution is 2.32. The van der Waals surface area contributed by atoms with Crippen molar-refractivity contribution in [3.63, 3.8) is 0 Å². The van der Waals surface area contributed by atoms with E-state index in [4.69, 9.17) is 23.2 Å². The van der Waals surface area contributed by atoms with E-state index in [-0.39, 0.29) is 22.4 Å². The summed E-state index contributed by atoms with van der Waals surface area (Å²) in [5.74, 6) is -1.61. The molecule has 2 N–H and O–H groups in total. The van der Waals surface area contributed by atoms with Crippen molar-refractivity contribution in [2.45, 2.75) is 5.60 Å². The van der Waals surface area contributed by atoms with Gasteiger partial charge in [0, 0.05) is 27.7 Å². The van der Waals surface area contributed by atoms with Crippen LogP contribution in [0.3, 0.4) is 0 Å². The van der Waals surface area contributed by atoms with Crippen LogP contribution in [0.25, 0.3) is 0 Å². The average molecular weight is 536 g/mol. The minimum Gasteiger partial charge on any atom is -0.372 e. The van der Waals surface area contributed by atoms with Gasteiger partial charge in [0.25, 0.3) is 17.5 Å². The molecule has 0 saturated carbocycles. The van der Waals surface area contributed by atoms with Gasteiger partial charge in [-0.1, -0.05) is 65.7 Å². The van der Waals surface area contributed by atoms with Crippen molar-refractivity contribution in [2.24, 2.45) is 0 Å². The normalized spacial score (nSPS) is 11.0. The van der Waals surface area contributed by atoms with Crippen molar-refractivity contribution in [1.29, 1.82) is 0 Å². The van der Waals surface area contributed by atoms with Crippen LogP contribution < -0.4 is 10.4 Å². The Balaban J connectivity index is 1.77. The van der Waals surface area contributed by atoms with E-state index in [0.29, 0.717) is 15.7 Å². The third kappa shape index (κ3) is 5.46. The Morgan fingerprint density at radius 1 is 0.784 bits per heavy atom. The fourth-order valence-corrected chi connectivity index (χ4v) is 3.91. The lowest BCUT2D eigenvalue weighted by atomic mass is 9.85. The number of hydrogen-bond acceptors (Lipinski definition) is 5. The summed E-state index contributed by atoms with van der Waals surface area (Å²) in [5.41, 5.74) is 0.887. The highest BCUT2D eigenvalue weighted by molar-refractivity contribution is 6.30. The Morgan fingerprint density at radius 2 is 1.27 bits per heavy atom. The number of carbonyl (C=O) groups excluding carboxylic acids is 2. The molecule has 4 aromatic carbocycles. The Hall–Kier alpha value is -4.24. The number of rotatable bonds is 6. The molecule has 186 valence electrons. The van der Waals surface area contributed by atoms with Gasteiger partial charge >= 0.3 is 0 Å². The molecule has 8 nitrogen and oxygen atoms in total. The number of amides is 2. The van der Waals surface area contributed by atoms with Gasteiger partial charge in [0.05, 0.1) is 10.6 Å². The number of nitro groups is 1. The summed E-state index contributed by atoms with van der Waals surface area (Å²) in [4.78, 5) is 37.7. The van der Waals surface area contributed by atoms with Crippen molar-refractivity contribution in [3.05, 3.63) is 140 Å². The number of halogens is 2. The van der Waals surface area contributed by atoms with Crippen LogP contribution in [0.4, 0.5) is 11.4 Å². The maximum atomic E-state index is 13.8. The quantitative estimate of drug-likeness (QED) is 0.249. The number of nitrogens with zero attached hydrogens (tertiary/aromatic N) is 2. The number of nitrogens with one attached hydrogen (secondary N) is 1. The second-order valence-corrected chi connectivity index (χ2v) is 8.82. The van der Waals surface area contributed by atoms with Gasteiger partial charge in [-0.15, -0.1) is 0 Å². The summed E-state index contributed by atoms with van der Waals surface area (Å²) in [5, 5.41) is 24.6. The molecule has 10 heteroatoms. The summed E-state index contributed by atoms with van der Waals surface area (Å²) in [6.45, 7) is 0. The van der Waals surface area contributed by atoms with Crippen LogP contribution in [0.2, 0.25) is 10.0 Å². The third-order valence-electron chi connectivity index (χ3n) is 5.61. The Labute approximate surface area is 221 Å². The number of benzene rings is 4. The second kappa shape index (κ2) is 10.8. The lowest BCUT2D eigenvalue weighted by Crippen LogP contribution is -2.54. The number of carbonyl (C=O) groups is 2. The number of aliphatic hydroxyl groups is 1. The summed E-state index contributed by atoms with van der Waals surface area (Å²) in [6, 6.07) is 25.3. The first-order valence-corrected chi connectivity index (χ1v) is 11.7. The SMILES string of the molecule is O=C(c1ccc([N+](=O)[O-])cc1)N(NC(=O)C(O)(c1ccc(Cl)cc1)c1ccc(Cl)cc1)c1ccccc1. The highest BCUT2D eigenvalue weighted by Gasteiger charge is 2.41. The predicted octanol–water partition coefficient (Wildman–Crippen LogP) is 5.52. The molecule has 37 heavy (non-hydrogen) atoms. The minimum absolute atomic E-state index is 0.0799. The molecule has 4 rings (SSSR count). The van der Waals surface area contributed by atoms with Crippen LogP contribution in [0.1, 0.15) is 21.5 Å². The fourth-order valence-electron chi connectivity index (χ4n) is 3.66. The second-order valence-electron chi connectivity index (χ2n) is 7.95. The lowest BCUT2D eigenvalue weighted by molar-refractivity contribution is -0.384. The van der Waals surface area contributed by atoms with Gasteiger partial charge < -0.3 is 5.11 Å². The van der Waals surface area contributed by atoms with Gasteiger partial charge in [-0.25, -0.2) is 5.01 Å². The molecule has 0 saturated heterocycles. The summed E-state index contributed by atoms with van der Waals surface area (Å²) < 4.78 is 0. The standard InChI is InChI=1S/C27H19Cl2N3O5/c28-21-12-8-19(9-13-21)27(35,20-10-14-22(29)15-11-20)26(34)30-31(23-4-2-1-3-5-23)25(33)18-6-16-24(17-7-18)32(36)37/h1-17,35H,(H,30,34). The fraction of sp³-hybridized carbons (Fsp3) is 0.0370. The number of hydrazine groups is 1.